The number of halogens is 2. The van der Waals surface area contributed by atoms with E-state index in [2.05, 4.69) is 0 Å². The molecule has 11 heteroatoms. The van der Waals surface area contributed by atoms with E-state index in [-0.39, 0.29) is 30.4 Å². The van der Waals surface area contributed by atoms with E-state index in [4.69, 9.17) is 32.7 Å². The van der Waals surface area contributed by atoms with Crippen molar-refractivity contribution in [3.05, 3.63) is 95.1 Å². The molecule has 0 radical (unpaired) electrons. The highest BCUT2D eigenvalue weighted by Gasteiger charge is 2.75. The Morgan fingerprint density at radius 2 is 1.56 bits per heavy atom. The summed E-state index contributed by atoms with van der Waals surface area (Å²) >= 11 is 14.4. The van der Waals surface area contributed by atoms with E-state index in [0.717, 1.165) is 16.0 Å². The number of phenols is 1. The average molecular weight is 688 g/mol. The number of hydrogen-bond donors (Lipinski definition) is 1. The Morgan fingerprint density at radius 3 is 2.23 bits per heavy atom. The molecule has 48 heavy (non-hydrogen) atoms. The predicted octanol–water partition coefficient (Wildman–Crippen LogP) is 5.77. The molecule has 2 aliphatic carbocycles. The van der Waals surface area contributed by atoms with Gasteiger partial charge >= 0.3 is 0 Å². The number of carbonyl (C=O) groups is 4. The van der Waals surface area contributed by atoms with Gasteiger partial charge in [-0.25, -0.2) is 0 Å². The summed E-state index contributed by atoms with van der Waals surface area (Å²) in [4.78, 5) is 53.9. The Balaban J connectivity index is 1.21. The first-order valence-corrected chi connectivity index (χ1v) is 16.3. The minimum absolute atomic E-state index is 0.0178. The average Bonchev–Trinajstić information content (AvgIpc) is 3.42. The van der Waals surface area contributed by atoms with E-state index in [1.165, 1.54) is 24.1 Å². The highest BCUT2D eigenvalue weighted by Crippen LogP contribution is 2.65. The summed E-state index contributed by atoms with van der Waals surface area (Å²) in [6, 6.07) is 18.8. The largest absolute Gasteiger partial charge is 0.508 e. The van der Waals surface area contributed by atoms with Crippen molar-refractivity contribution in [3.8, 4) is 17.2 Å². The highest BCUT2D eigenvalue weighted by atomic mass is 35.5. The molecule has 7 rings (SSSR count). The van der Waals surface area contributed by atoms with Gasteiger partial charge in [0.15, 0.2) is 9.75 Å². The Kier molecular flexibility index (Phi) is 7.68. The van der Waals surface area contributed by atoms with Crippen molar-refractivity contribution in [2.75, 3.05) is 26.2 Å². The summed E-state index contributed by atoms with van der Waals surface area (Å²) < 4.78 is 10.8. The molecule has 246 valence electrons. The van der Waals surface area contributed by atoms with E-state index in [1.807, 2.05) is 48.6 Å². The lowest BCUT2D eigenvalue weighted by molar-refractivity contribution is -0.138. The minimum Gasteiger partial charge on any atom is -0.508 e. The zero-order valence-corrected chi connectivity index (χ0v) is 27.9. The van der Waals surface area contributed by atoms with Gasteiger partial charge in [-0.05, 0) is 72.4 Å². The fourth-order valence-electron chi connectivity index (χ4n) is 7.93. The molecule has 1 N–H and O–H groups in total. The van der Waals surface area contributed by atoms with Gasteiger partial charge in [0.25, 0.3) is 11.8 Å². The molecule has 4 aliphatic rings. The zero-order valence-electron chi connectivity index (χ0n) is 26.4. The number of hydrogen-bond acceptors (Lipinski definition) is 7. The van der Waals surface area contributed by atoms with Gasteiger partial charge in [0, 0.05) is 18.5 Å². The Bertz CT molecular complexity index is 1920. The van der Waals surface area contributed by atoms with Gasteiger partial charge in [-0.3, -0.25) is 29.0 Å². The smallest absolute Gasteiger partial charge is 0.253 e. The quantitative estimate of drug-likeness (QED) is 0.152. The Morgan fingerprint density at radius 1 is 0.854 bits per heavy atom. The SMILES string of the molecule is COc1ccc(OC)c(C=Cc2ccc(N3C(=O)[C@H]4[C@H](CC=C5[C@H]4C[C@@]4(Cl)C(=O)N(C)C(=O)[C@@]4(Cl)[C@H]5c4ccc(O)cc4)C3=O)cc2)c1. The third-order valence-corrected chi connectivity index (χ3v) is 11.7. The molecule has 0 bridgehead atoms. The van der Waals surface area contributed by atoms with Crippen molar-refractivity contribution in [2.45, 2.75) is 28.5 Å². The number of ether oxygens (including phenoxy) is 2. The number of imide groups is 2. The van der Waals surface area contributed by atoms with Crippen LogP contribution < -0.4 is 14.4 Å². The molecule has 0 unspecified atom stereocenters. The second-order valence-corrected chi connectivity index (χ2v) is 13.9. The van der Waals surface area contributed by atoms with E-state index in [9.17, 15) is 24.3 Å². The zero-order chi connectivity index (χ0) is 34.1. The number of aromatic hydroxyl groups is 1. The number of benzene rings is 3. The molecule has 6 atom stereocenters. The first-order valence-electron chi connectivity index (χ1n) is 15.5. The van der Waals surface area contributed by atoms with E-state index < -0.39 is 45.2 Å². The lowest BCUT2D eigenvalue weighted by atomic mass is 9.56. The third kappa shape index (κ3) is 4.51. The molecule has 3 aromatic rings. The topological polar surface area (TPSA) is 113 Å². The molecule has 3 fully saturated rings. The van der Waals surface area contributed by atoms with Gasteiger partial charge in [0.2, 0.25) is 11.8 Å². The molecule has 2 heterocycles. The van der Waals surface area contributed by atoms with Gasteiger partial charge in [0.1, 0.15) is 17.2 Å². The normalized spacial score (nSPS) is 29.6. The third-order valence-electron chi connectivity index (χ3n) is 10.3. The molecule has 3 aromatic carbocycles. The number of anilines is 1. The monoisotopic (exact) mass is 686 g/mol. The first kappa shape index (κ1) is 32.0. The van der Waals surface area contributed by atoms with Crippen LogP contribution in [0.4, 0.5) is 5.69 Å². The number of phenolic OH excluding ortho intramolecular Hbond substituents is 1. The maximum Gasteiger partial charge on any atom is 0.253 e. The van der Waals surface area contributed by atoms with Crippen molar-refractivity contribution in [1.82, 2.24) is 4.90 Å². The number of fused-ring (bicyclic) bond motifs is 4. The standard InChI is InChI=1S/C37H32Cl2N2O7/c1-40-34(45)36(38)19-28-26(31(37(36,39)35(40)46)21-8-12-24(42)13-9-21)15-16-27-30(28)33(44)41(32(27)43)23-10-5-20(6-11-23)4-7-22-18-25(47-2)14-17-29(22)48-3/h4-15,17-18,27-28,30-31,42H,16,19H2,1-3H3/t27-,28+,30-,31-,36+,37-/m0/s1. The van der Waals surface area contributed by atoms with E-state index >= 15 is 0 Å². The van der Waals surface area contributed by atoms with Crippen molar-refractivity contribution >= 4 is 64.7 Å². The van der Waals surface area contributed by atoms with Crippen molar-refractivity contribution in [1.29, 1.82) is 0 Å². The number of rotatable bonds is 6. The molecule has 2 aliphatic heterocycles. The lowest BCUT2D eigenvalue weighted by Crippen LogP contribution is -2.60. The number of allylic oxidation sites excluding steroid dienone is 2. The van der Waals surface area contributed by atoms with E-state index in [0.29, 0.717) is 28.3 Å². The van der Waals surface area contributed by atoms with Crippen LogP contribution in [0.2, 0.25) is 0 Å². The summed E-state index contributed by atoms with van der Waals surface area (Å²) in [5.74, 6) is -3.56. The molecular formula is C37H32Cl2N2O7. The number of amides is 4. The Hall–Kier alpha value is -4.60. The number of likely N-dealkylation sites (tertiary alicyclic amines) is 1. The summed E-state index contributed by atoms with van der Waals surface area (Å²) in [6.07, 6.45) is 5.85. The van der Waals surface area contributed by atoms with Crippen LogP contribution in [0.1, 0.15) is 35.4 Å². The van der Waals surface area contributed by atoms with Crippen LogP contribution in [0.5, 0.6) is 17.2 Å². The molecule has 1 saturated carbocycles. The van der Waals surface area contributed by atoms with Crippen LogP contribution in [0.3, 0.4) is 0 Å². The lowest BCUT2D eigenvalue weighted by Gasteiger charge is -2.50. The van der Waals surface area contributed by atoms with Crippen LogP contribution in [0.15, 0.2) is 78.4 Å². The van der Waals surface area contributed by atoms with Crippen LogP contribution >= 0.6 is 23.2 Å². The second kappa shape index (κ2) is 11.5. The number of methoxy groups -OCH3 is 2. The molecular weight excluding hydrogens is 655 g/mol. The predicted molar refractivity (Wildman–Crippen MR) is 181 cm³/mol. The fourth-order valence-corrected chi connectivity index (χ4v) is 8.95. The first-order chi connectivity index (χ1) is 22.9. The van der Waals surface area contributed by atoms with Crippen molar-refractivity contribution in [2.24, 2.45) is 17.8 Å². The molecule has 0 aromatic heterocycles. The summed E-state index contributed by atoms with van der Waals surface area (Å²) in [5, 5.41) is 9.99. The van der Waals surface area contributed by atoms with E-state index in [1.54, 1.807) is 38.5 Å². The van der Waals surface area contributed by atoms with Gasteiger partial charge in [-0.2, -0.15) is 0 Å². The summed E-state index contributed by atoms with van der Waals surface area (Å²) in [7, 11) is 4.54. The van der Waals surface area contributed by atoms with Gasteiger partial charge < -0.3 is 14.6 Å². The Labute approximate surface area is 287 Å². The van der Waals surface area contributed by atoms with Crippen LogP contribution in [-0.4, -0.2) is 64.7 Å². The van der Waals surface area contributed by atoms with Crippen molar-refractivity contribution < 1.29 is 33.8 Å². The maximum absolute atomic E-state index is 14.3. The fraction of sp³-hybridized carbons (Fsp3) is 0.297. The minimum atomic E-state index is -1.86. The number of nitrogens with zero attached hydrogens (tertiary/aromatic N) is 2. The highest BCUT2D eigenvalue weighted by molar-refractivity contribution is 6.53. The van der Waals surface area contributed by atoms with Crippen LogP contribution in [0.25, 0.3) is 12.2 Å². The van der Waals surface area contributed by atoms with Gasteiger partial charge in [-0.1, -0.05) is 48.1 Å². The molecule has 2 saturated heterocycles. The summed E-state index contributed by atoms with van der Waals surface area (Å²) in [5.41, 5.74) is 3.36. The van der Waals surface area contributed by atoms with Gasteiger partial charge in [0.05, 0.1) is 31.7 Å². The van der Waals surface area contributed by atoms with Crippen LogP contribution in [-0.2, 0) is 19.2 Å². The maximum atomic E-state index is 14.3. The molecule has 4 amide bonds. The number of carbonyl (C=O) groups excluding carboxylic acids is 4. The summed E-state index contributed by atoms with van der Waals surface area (Å²) in [6.45, 7) is 0. The van der Waals surface area contributed by atoms with Gasteiger partial charge in [-0.15, -0.1) is 23.2 Å². The molecule has 9 nitrogen and oxygen atoms in total. The van der Waals surface area contributed by atoms with Crippen molar-refractivity contribution in [3.63, 3.8) is 0 Å². The number of alkyl halides is 2. The molecule has 0 spiro atoms. The van der Waals surface area contributed by atoms with Crippen LogP contribution in [0, 0.1) is 17.8 Å². The second-order valence-electron chi connectivity index (χ2n) is 12.6.